The van der Waals surface area contributed by atoms with Crippen molar-refractivity contribution in [3.05, 3.63) is 61.3 Å². The number of hydrogen-bond donors (Lipinski definition) is 2. The van der Waals surface area contributed by atoms with Crippen LogP contribution >= 0.6 is 0 Å². The van der Waals surface area contributed by atoms with E-state index in [0.717, 1.165) is 22.6 Å². The lowest BCUT2D eigenvalue weighted by atomic mass is 10.3. The quantitative estimate of drug-likeness (QED) is 0.601. The molecule has 0 atom stereocenters. The average Bonchev–Trinajstić information content (AvgIpc) is 3.06. The van der Waals surface area contributed by atoms with E-state index in [1.165, 1.54) is 6.33 Å². The van der Waals surface area contributed by atoms with Gasteiger partial charge in [0.2, 0.25) is 0 Å². The molecule has 23 heavy (non-hydrogen) atoms. The molecule has 0 spiro atoms. The van der Waals surface area contributed by atoms with E-state index in [0.29, 0.717) is 11.5 Å². The highest BCUT2D eigenvalue weighted by molar-refractivity contribution is 5.87. The minimum atomic E-state index is 0.685. The topological polar surface area (TPSA) is 88.6 Å². The number of anilines is 2. The Kier molecular flexibility index (Phi) is 3.28. The van der Waals surface area contributed by atoms with Crippen molar-refractivity contribution in [3.63, 3.8) is 0 Å². The Bertz CT molecular complexity index is 937. The minimum absolute atomic E-state index is 0.685. The van der Waals surface area contributed by atoms with Gasteiger partial charge in [-0.3, -0.25) is 10.1 Å². The largest absolute Gasteiger partial charge is 0.457 e. The molecule has 0 saturated heterocycles. The summed E-state index contributed by atoms with van der Waals surface area (Å²) in [5.41, 5.74) is 1.55. The van der Waals surface area contributed by atoms with Gasteiger partial charge >= 0.3 is 0 Å². The standard InChI is InChI=1S/C16H12N6O/c1-2-11(8-13(3-1)23-12-4-6-17-7-5-12)21-15-14-9-20-22-16(14)19-10-18-15/h1-10H,(H2,18,19,20,21,22). The van der Waals surface area contributed by atoms with E-state index >= 15 is 0 Å². The van der Waals surface area contributed by atoms with E-state index in [1.807, 2.05) is 24.3 Å². The summed E-state index contributed by atoms with van der Waals surface area (Å²) in [6, 6.07) is 11.2. The minimum Gasteiger partial charge on any atom is -0.457 e. The summed E-state index contributed by atoms with van der Waals surface area (Å²) in [4.78, 5) is 12.3. The number of nitrogens with one attached hydrogen (secondary N) is 2. The number of pyridine rings is 1. The zero-order chi connectivity index (χ0) is 15.5. The van der Waals surface area contributed by atoms with E-state index in [4.69, 9.17) is 4.74 Å². The van der Waals surface area contributed by atoms with Gasteiger partial charge < -0.3 is 10.1 Å². The van der Waals surface area contributed by atoms with Crippen LogP contribution in [0.3, 0.4) is 0 Å². The number of hydrogen-bond acceptors (Lipinski definition) is 6. The Morgan fingerprint density at radius 2 is 1.91 bits per heavy atom. The van der Waals surface area contributed by atoms with Crippen LogP contribution in [0.4, 0.5) is 11.5 Å². The molecule has 4 rings (SSSR count). The maximum absolute atomic E-state index is 5.80. The Balaban J connectivity index is 1.60. The molecule has 7 nitrogen and oxygen atoms in total. The van der Waals surface area contributed by atoms with E-state index in [9.17, 15) is 0 Å². The maximum atomic E-state index is 5.80. The number of aromatic nitrogens is 5. The van der Waals surface area contributed by atoms with Crippen LogP contribution in [0.2, 0.25) is 0 Å². The fraction of sp³-hybridized carbons (Fsp3) is 0. The van der Waals surface area contributed by atoms with Crippen LogP contribution in [0.15, 0.2) is 61.3 Å². The van der Waals surface area contributed by atoms with Crippen molar-refractivity contribution in [2.45, 2.75) is 0 Å². The van der Waals surface area contributed by atoms with Crippen molar-refractivity contribution in [3.8, 4) is 11.5 Å². The third kappa shape index (κ3) is 2.80. The van der Waals surface area contributed by atoms with Crippen LogP contribution in [0.5, 0.6) is 11.5 Å². The second-order valence-corrected chi connectivity index (χ2v) is 4.79. The lowest BCUT2D eigenvalue weighted by Crippen LogP contribution is -1.95. The summed E-state index contributed by atoms with van der Waals surface area (Å²) in [6.07, 6.45) is 6.55. The molecule has 0 aliphatic carbocycles. The molecule has 112 valence electrons. The number of H-pyrrole nitrogens is 1. The Hall–Kier alpha value is -3.48. The van der Waals surface area contributed by atoms with Crippen molar-refractivity contribution in [1.29, 1.82) is 0 Å². The summed E-state index contributed by atoms with van der Waals surface area (Å²) >= 11 is 0. The van der Waals surface area contributed by atoms with Gasteiger partial charge in [-0.1, -0.05) is 6.07 Å². The van der Waals surface area contributed by atoms with Gasteiger partial charge in [-0.05, 0) is 24.3 Å². The van der Waals surface area contributed by atoms with Crippen molar-refractivity contribution in [2.24, 2.45) is 0 Å². The number of aromatic amines is 1. The number of ether oxygens (including phenoxy) is 1. The van der Waals surface area contributed by atoms with Crippen LogP contribution in [-0.4, -0.2) is 25.1 Å². The highest BCUT2D eigenvalue weighted by Crippen LogP contribution is 2.26. The summed E-state index contributed by atoms with van der Waals surface area (Å²) in [6.45, 7) is 0. The zero-order valence-electron chi connectivity index (χ0n) is 12.0. The predicted molar refractivity (Wildman–Crippen MR) is 85.7 cm³/mol. The molecule has 1 aromatic carbocycles. The Labute approximate surface area is 131 Å². The van der Waals surface area contributed by atoms with Crippen LogP contribution in [0.25, 0.3) is 11.0 Å². The van der Waals surface area contributed by atoms with E-state index in [2.05, 4.69) is 30.5 Å². The van der Waals surface area contributed by atoms with Crippen LogP contribution in [0, 0.1) is 0 Å². The summed E-state index contributed by atoms with van der Waals surface area (Å²) < 4.78 is 5.80. The second kappa shape index (κ2) is 5.72. The molecule has 0 saturated carbocycles. The second-order valence-electron chi connectivity index (χ2n) is 4.79. The van der Waals surface area contributed by atoms with Gasteiger partial charge in [0.1, 0.15) is 23.6 Å². The van der Waals surface area contributed by atoms with Gasteiger partial charge in [0.15, 0.2) is 5.65 Å². The van der Waals surface area contributed by atoms with Gasteiger partial charge in [-0.25, -0.2) is 9.97 Å². The first-order valence-corrected chi connectivity index (χ1v) is 6.97. The fourth-order valence-corrected chi connectivity index (χ4v) is 2.18. The molecule has 0 bridgehead atoms. The summed E-state index contributed by atoms with van der Waals surface area (Å²) in [5, 5.41) is 10.9. The molecule has 0 fully saturated rings. The third-order valence-electron chi connectivity index (χ3n) is 3.23. The lowest BCUT2D eigenvalue weighted by Gasteiger charge is -2.09. The lowest BCUT2D eigenvalue weighted by molar-refractivity contribution is 0.482. The van der Waals surface area contributed by atoms with Crippen molar-refractivity contribution in [1.82, 2.24) is 25.1 Å². The van der Waals surface area contributed by atoms with Gasteiger partial charge in [0.25, 0.3) is 0 Å². The third-order valence-corrected chi connectivity index (χ3v) is 3.23. The molecule has 0 amide bonds. The van der Waals surface area contributed by atoms with Gasteiger partial charge in [-0.15, -0.1) is 0 Å². The van der Waals surface area contributed by atoms with E-state index < -0.39 is 0 Å². The Morgan fingerprint density at radius 1 is 1.00 bits per heavy atom. The van der Waals surface area contributed by atoms with Crippen molar-refractivity contribution >= 4 is 22.5 Å². The number of fused-ring (bicyclic) bond motifs is 1. The smallest absolute Gasteiger partial charge is 0.160 e. The Morgan fingerprint density at radius 3 is 2.83 bits per heavy atom. The highest BCUT2D eigenvalue weighted by atomic mass is 16.5. The highest BCUT2D eigenvalue weighted by Gasteiger charge is 2.06. The maximum Gasteiger partial charge on any atom is 0.160 e. The number of benzene rings is 1. The molecule has 3 aromatic heterocycles. The van der Waals surface area contributed by atoms with E-state index in [-0.39, 0.29) is 0 Å². The van der Waals surface area contributed by atoms with Crippen molar-refractivity contribution in [2.75, 3.05) is 5.32 Å². The summed E-state index contributed by atoms with van der Waals surface area (Å²) in [7, 11) is 0. The normalized spacial score (nSPS) is 10.6. The fourth-order valence-electron chi connectivity index (χ4n) is 2.18. The molecule has 0 radical (unpaired) electrons. The van der Waals surface area contributed by atoms with Gasteiger partial charge in [0, 0.05) is 24.1 Å². The average molecular weight is 304 g/mol. The number of nitrogens with zero attached hydrogens (tertiary/aromatic N) is 4. The molecule has 4 aromatic rings. The van der Waals surface area contributed by atoms with Crippen molar-refractivity contribution < 1.29 is 4.74 Å². The first kappa shape index (κ1) is 13.2. The first-order chi connectivity index (χ1) is 11.4. The predicted octanol–water partition coefficient (Wildman–Crippen LogP) is 3.28. The number of rotatable bonds is 4. The molecule has 0 aliphatic rings. The monoisotopic (exact) mass is 304 g/mol. The molecule has 2 N–H and O–H groups in total. The van der Waals surface area contributed by atoms with Crippen LogP contribution in [0.1, 0.15) is 0 Å². The zero-order valence-corrected chi connectivity index (χ0v) is 12.0. The van der Waals surface area contributed by atoms with E-state index in [1.54, 1.807) is 30.7 Å². The molecule has 0 aliphatic heterocycles. The molecule has 3 heterocycles. The van der Waals surface area contributed by atoms with Crippen LogP contribution < -0.4 is 10.1 Å². The van der Waals surface area contributed by atoms with Gasteiger partial charge in [0.05, 0.1) is 11.6 Å². The molecule has 7 heteroatoms. The summed E-state index contributed by atoms with van der Waals surface area (Å²) in [5.74, 6) is 2.14. The van der Waals surface area contributed by atoms with Gasteiger partial charge in [-0.2, -0.15) is 5.10 Å². The molecular weight excluding hydrogens is 292 g/mol. The SMILES string of the molecule is c1cc(Nc2ncnc3[nH]ncc23)cc(Oc2ccncc2)c1. The van der Waals surface area contributed by atoms with Crippen LogP contribution in [-0.2, 0) is 0 Å². The first-order valence-electron chi connectivity index (χ1n) is 6.97. The molecular formula is C16H12N6O. The molecule has 0 unspecified atom stereocenters.